The minimum absolute atomic E-state index is 0.0903. The van der Waals surface area contributed by atoms with Crippen molar-refractivity contribution in [1.29, 1.82) is 0 Å². The zero-order valence-electron chi connectivity index (χ0n) is 17.3. The SMILES string of the molecule is O=C(CC1CC2(CCN(C(=O)c3ccncc3)CC2)c2ccccc21)NC1CCC1. The first-order valence-electron chi connectivity index (χ1n) is 11.2. The Hall–Kier alpha value is -2.69. The number of carbonyl (C=O) groups is 2. The Balaban J connectivity index is 1.29. The molecule has 1 saturated carbocycles. The van der Waals surface area contributed by atoms with Gasteiger partial charge in [-0.25, -0.2) is 0 Å². The number of aromatic nitrogens is 1. The average Bonchev–Trinajstić information content (AvgIpc) is 3.05. The smallest absolute Gasteiger partial charge is 0.253 e. The maximum absolute atomic E-state index is 12.8. The van der Waals surface area contributed by atoms with Crippen LogP contribution in [0.25, 0.3) is 0 Å². The molecule has 0 radical (unpaired) electrons. The summed E-state index contributed by atoms with van der Waals surface area (Å²) in [4.78, 5) is 31.4. The maximum atomic E-state index is 12.8. The summed E-state index contributed by atoms with van der Waals surface area (Å²) < 4.78 is 0. The zero-order chi connectivity index (χ0) is 20.6. The van der Waals surface area contributed by atoms with Crippen LogP contribution >= 0.6 is 0 Å². The van der Waals surface area contributed by atoms with E-state index >= 15 is 0 Å². The highest BCUT2D eigenvalue weighted by Gasteiger charge is 2.46. The van der Waals surface area contributed by atoms with Gasteiger partial charge in [0.15, 0.2) is 0 Å². The molecule has 3 aliphatic rings. The van der Waals surface area contributed by atoms with Crippen LogP contribution in [-0.4, -0.2) is 40.8 Å². The number of likely N-dealkylation sites (tertiary alicyclic amines) is 1. The fourth-order valence-electron chi connectivity index (χ4n) is 5.56. The van der Waals surface area contributed by atoms with E-state index in [-0.39, 0.29) is 23.1 Å². The van der Waals surface area contributed by atoms with Crippen LogP contribution in [-0.2, 0) is 10.2 Å². The lowest BCUT2D eigenvalue weighted by Gasteiger charge is -2.40. The van der Waals surface area contributed by atoms with Gasteiger partial charge in [0.2, 0.25) is 5.91 Å². The summed E-state index contributed by atoms with van der Waals surface area (Å²) in [6, 6.07) is 12.6. The van der Waals surface area contributed by atoms with Crippen molar-refractivity contribution in [3.63, 3.8) is 0 Å². The van der Waals surface area contributed by atoms with Crippen LogP contribution in [0.2, 0.25) is 0 Å². The predicted octanol–water partition coefficient (Wildman–Crippen LogP) is 3.80. The quantitative estimate of drug-likeness (QED) is 0.845. The number of hydrogen-bond acceptors (Lipinski definition) is 3. The van der Waals surface area contributed by atoms with E-state index in [1.807, 2.05) is 4.90 Å². The first kappa shape index (κ1) is 19.3. The van der Waals surface area contributed by atoms with Gasteiger partial charge in [-0.15, -0.1) is 0 Å². The largest absolute Gasteiger partial charge is 0.353 e. The van der Waals surface area contributed by atoms with E-state index in [1.54, 1.807) is 24.5 Å². The van der Waals surface area contributed by atoms with Gasteiger partial charge in [0.05, 0.1) is 0 Å². The molecule has 1 aliphatic heterocycles. The molecule has 2 aromatic rings. The Morgan fingerprint density at radius 1 is 1.07 bits per heavy atom. The van der Waals surface area contributed by atoms with Crippen LogP contribution in [0, 0.1) is 0 Å². The van der Waals surface area contributed by atoms with Crippen molar-refractivity contribution in [2.75, 3.05) is 13.1 Å². The molecule has 2 heterocycles. The molecule has 2 amide bonds. The first-order valence-corrected chi connectivity index (χ1v) is 11.2. The second-order valence-corrected chi connectivity index (χ2v) is 9.20. The van der Waals surface area contributed by atoms with E-state index in [9.17, 15) is 9.59 Å². The van der Waals surface area contributed by atoms with Crippen LogP contribution in [0.15, 0.2) is 48.8 Å². The van der Waals surface area contributed by atoms with Crippen LogP contribution in [0.3, 0.4) is 0 Å². The third kappa shape index (κ3) is 3.51. The number of benzene rings is 1. The minimum Gasteiger partial charge on any atom is -0.353 e. The topological polar surface area (TPSA) is 62.3 Å². The molecule has 156 valence electrons. The average molecular weight is 404 g/mol. The van der Waals surface area contributed by atoms with Crippen molar-refractivity contribution < 1.29 is 9.59 Å². The fourth-order valence-corrected chi connectivity index (χ4v) is 5.56. The Morgan fingerprint density at radius 2 is 1.80 bits per heavy atom. The Kier molecular flexibility index (Phi) is 5.05. The van der Waals surface area contributed by atoms with Gasteiger partial charge in [-0.3, -0.25) is 14.6 Å². The van der Waals surface area contributed by atoms with Crippen LogP contribution in [0.4, 0.5) is 0 Å². The Morgan fingerprint density at radius 3 is 2.50 bits per heavy atom. The standard InChI is InChI=1S/C25H29N3O2/c29-23(27-20-4-3-5-20)16-19-17-25(22-7-2-1-6-21(19)22)10-14-28(15-11-25)24(30)18-8-12-26-13-9-18/h1-2,6-9,12-13,19-20H,3-5,10-11,14-17H2,(H,27,29). The number of nitrogens with zero attached hydrogens (tertiary/aromatic N) is 2. The third-order valence-corrected chi connectivity index (χ3v) is 7.45. The van der Waals surface area contributed by atoms with Gasteiger partial charge in [-0.1, -0.05) is 24.3 Å². The number of pyridine rings is 1. The third-order valence-electron chi connectivity index (χ3n) is 7.45. The lowest BCUT2D eigenvalue weighted by atomic mass is 9.73. The highest BCUT2D eigenvalue weighted by molar-refractivity contribution is 5.94. The lowest BCUT2D eigenvalue weighted by molar-refractivity contribution is -0.122. The number of amides is 2. The van der Waals surface area contributed by atoms with Crippen molar-refractivity contribution in [2.24, 2.45) is 0 Å². The van der Waals surface area contributed by atoms with Crippen molar-refractivity contribution >= 4 is 11.8 Å². The van der Waals surface area contributed by atoms with Crippen molar-refractivity contribution in [3.8, 4) is 0 Å². The van der Waals surface area contributed by atoms with Crippen LogP contribution in [0.1, 0.15) is 72.3 Å². The molecule has 2 fully saturated rings. The second kappa shape index (κ2) is 7.86. The molecule has 0 bridgehead atoms. The van der Waals surface area contributed by atoms with Gasteiger partial charge < -0.3 is 10.2 Å². The number of fused-ring (bicyclic) bond motifs is 2. The Bertz CT molecular complexity index is 930. The number of hydrogen-bond donors (Lipinski definition) is 1. The van der Waals surface area contributed by atoms with Crippen molar-refractivity contribution in [3.05, 3.63) is 65.5 Å². The van der Waals surface area contributed by atoms with E-state index < -0.39 is 0 Å². The summed E-state index contributed by atoms with van der Waals surface area (Å²) in [7, 11) is 0. The number of nitrogens with one attached hydrogen (secondary N) is 1. The summed E-state index contributed by atoms with van der Waals surface area (Å²) >= 11 is 0. The molecule has 1 spiro atoms. The fraction of sp³-hybridized carbons (Fsp3) is 0.480. The monoisotopic (exact) mass is 403 g/mol. The molecule has 1 aromatic heterocycles. The van der Waals surface area contributed by atoms with E-state index in [0.717, 1.165) is 45.2 Å². The summed E-state index contributed by atoms with van der Waals surface area (Å²) in [5, 5.41) is 3.21. The highest BCUT2D eigenvalue weighted by Crippen LogP contribution is 2.52. The summed E-state index contributed by atoms with van der Waals surface area (Å²) in [5.41, 5.74) is 3.54. The molecule has 1 N–H and O–H groups in total. The molecule has 1 saturated heterocycles. The molecular weight excluding hydrogens is 374 g/mol. The molecule has 1 atom stereocenters. The molecule has 1 aromatic carbocycles. The molecule has 1 unspecified atom stereocenters. The predicted molar refractivity (Wildman–Crippen MR) is 115 cm³/mol. The van der Waals surface area contributed by atoms with Gasteiger partial charge in [-0.05, 0) is 73.1 Å². The number of piperidine rings is 1. The molecule has 30 heavy (non-hydrogen) atoms. The minimum atomic E-state index is 0.0903. The molecule has 5 rings (SSSR count). The normalized spacial score (nSPS) is 22.4. The van der Waals surface area contributed by atoms with Gasteiger partial charge in [0.25, 0.3) is 5.91 Å². The van der Waals surface area contributed by atoms with Gasteiger partial charge in [0, 0.05) is 43.5 Å². The lowest BCUT2D eigenvalue weighted by Crippen LogP contribution is -2.44. The van der Waals surface area contributed by atoms with Gasteiger partial charge >= 0.3 is 0 Å². The van der Waals surface area contributed by atoms with E-state index in [2.05, 4.69) is 34.6 Å². The van der Waals surface area contributed by atoms with Crippen molar-refractivity contribution in [2.45, 2.75) is 62.3 Å². The van der Waals surface area contributed by atoms with E-state index in [0.29, 0.717) is 18.0 Å². The highest BCUT2D eigenvalue weighted by atomic mass is 16.2. The number of rotatable bonds is 4. The van der Waals surface area contributed by atoms with Crippen LogP contribution < -0.4 is 5.32 Å². The molecule has 2 aliphatic carbocycles. The van der Waals surface area contributed by atoms with E-state index in [1.165, 1.54) is 17.5 Å². The zero-order valence-corrected chi connectivity index (χ0v) is 17.3. The van der Waals surface area contributed by atoms with Crippen LogP contribution in [0.5, 0.6) is 0 Å². The van der Waals surface area contributed by atoms with Crippen molar-refractivity contribution in [1.82, 2.24) is 15.2 Å². The molecule has 5 heteroatoms. The maximum Gasteiger partial charge on any atom is 0.253 e. The second-order valence-electron chi connectivity index (χ2n) is 9.20. The van der Waals surface area contributed by atoms with Gasteiger partial charge in [-0.2, -0.15) is 0 Å². The summed E-state index contributed by atoms with van der Waals surface area (Å²) in [6.45, 7) is 1.52. The Labute approximate surface area is 177 Å². The first-order chi connectivity index (χ1) is 14.6. The summed E-state index contributed by atoms with van der Waals surface area (Å²) in [6.07, 6.45) is 10.3. The number of carbonyl (C=O) groups excluding carboxylic acids is 2. The molecule has 5 nitrogen and oxygen atoms in total. The van der Waals surface area contributed by atoms with E-state index in [4.69, 9.17) is 0 Å². The summed E-state index contributed by atoms with van der Waals surface area (Å²) in [5.74, 6) is 0.570. The van der Waals surface area contributed by atoms with Gasteiger partial charge in [0.1, 0.15) is 0 Å². The molecular formula is C25H29N3O2.